The third kappa shape index (κ3) is 4.45. The van der Waals surface area contributed by atoms with E-state index in [1.165, 1.54) is 19.1 Å². The molecule has 0 fully saturated rings. The van der Waals surface area contributed by atoms with Gasteiger partial charge in [0.2, 0.25) is 0 Å². The summed E-state index contributed by atoms with van der Waals surface area (Å²) >= 11 is 0. The van der Waals surface area contributed by atoms with Crippen molar-refractivity contribution in [1.82, 2.24) is 4.90 Å². The first-order valence-corrected chi connectivity index (χ1v) is 7.56. The normalized spacial score (nSPS) is 11.4. The zero-order chi connectivity index (χ0) is 14.6. The molecule has 1 aromatic rings. The number of carbonyl (C=O) groups excluding carboxylic acids is 1. The van der Waals surface area contributed by atoms with Crippen molar-refractivity contribution in [3.63, 3.8) is 0 Å². The van der Waals surface area contributed by atoms with Crippen LogP contribution in [-0.2, 0) is 13.8 Å². The van der Waals surface area contributed by atoms with Gasteiger partial charge in [-0.05, 0) is 18.2 Å². The van der Waals surface area contributed by atoms with Crippen LogP contribution in [0, 0.1) is 5.82 Å². The lowest BCUT2D eigenvalue weighted by atomic mass is 10.2. The number of nitrogens with zero attached hydrogens (tertiary/aromatic N) is 1. The number of carbonyl (C=O) groups is 1. The third-order valence-corrected chi connectivity index (χ3v) is 3.71. The van der Waals surface area contributed by atoms with E-state index in [0.29, 0.717) is 13.2 Å². The number of hydrogen-bond donors (Lipinski definition) is 0. The molecule has 5 nitrogen and oxygen atoms in total. The van der Waals surface area contributed by atoms with Gasteiger partial charge in [-0.1, -0.05) is 0 Å². The van der Waals surface area contributed by atoms with Crippen LogP contribution >= 0.6 is 10.7 Å². The number of methoxy groups -OCH3 is 1. The van der Waals surface area contributed by atoms with Crippen LogP contribution in [0.2, 0.25) is 0 Å². The molecule has 0 heterocycles. The van der Waals surface area contributed by atoms with Crippen molar-refractivity contribution in [3.05, 3.63) is 29.6 Å². The summed E-state index contributed by atoms with van der Waals surface area (Å²) in [5.41, 5.74) is -0.0853. The quantitative estimate of drug-likeness (QED) is 0.773. The maximum absolute atomic E-state index is 13.3. The standard InChI is InChI=1S/C11H13ClFNO4S/c1-14(3-4-18-2)11(15)8-5-9(13)7-10(6-8)19(12,16)17/h5-7H,3-4H2,1-2H3. The number of ether oxygens (including phenoxy) is 1. The lowest BCUT2D eigenvalue weighted by molar-refractivity contribution is 0.0743. The Balaban J connectivity index is 3.07. The maximum Gasteiger partial charge on any atom is 0.261 e. The minimum absolute atomic E-state index is 0.0853. The molecule has 0 radical (unpaired) electrons. The fourth-order valence-corrected chi connectivity index (χ4v) is 2.17. The van der Waals surface area contributed by atoms with Crippen LogP contribution in [0.3, 0.4) is 0 Å². The van der Waals surface area contributed by atoms with Gasteiger partial charge in [-0.3, -0.25) is 4.79 Å². The summed E-state index contributed by atoms with van der Waals surface area (Å²) < 4.78 is 40.4. The van der Waals surface area contributed by atoms with Gasteiger partial charge in [-0.25, -0.2) is 12.8 Å². The number of hydrogen-bond acceptors (Lipinski definition) is 4. The monoisotopic (exact) mass is 309 g/mol. The lowest BCUT2D eigenvalue weighted by Gasteiger charge is -2.16. The summed E-state index contributed by atoms with van der Waals surface area (Å²) in [4.78, 5) is 12.8. The molecule has 106 valence electrons. The van der Waals surface area contributed by atoms with E-state index in [2.05, 4.69) is 0 Å². The highest BCUT2D eigenvalue weighted by Gasteiger charge is 2.18. The van der Waals surface area contributed by atoms with Gasteiger partial charge in [-0.15, -0.1) is 0 Å². The molecule has 0 bridgehead atoms. The van der Waals surface area contributed by atoms with E-state index in [9.17, 15) is 17.6 Å². The zero-order valence-corrected chi connectivity index (χ0v) is 12.0. The second kappa shape index (κ2) is 6.31. The average Bonchev–Trinajstić information content (AvgIpc) is 2.33. The van der Waals surface area contributed by atoms with E-state index >= 15 is 0 Å². The zero-order valence-electron chi connectivity index (χ0n) is 10.4. The minimum atomic E-state index is -4.09. The van der Waals surface area contributed by atoms with Crippen LogP contribution in [-0.4, -0.2) is 46.5 Å². The fraction of sp³-hybridized carbons (Fsp3) is 0.364. The number of rotatable bonds is 5. The largest absolute Gasteiger partial charge is 0.383 e. The van der Waals surface area contributed by atoms with Crippen LogP contribution in [0.1, 0.15) is 10.4 Å². The molecular formula is C11H13ClFNO4S. The van der Waals surface area contributed by atoms with Crippen LogP contribution in [0.15, 0.2) is 23.1 Å². The Morgan fingerprint density at radius 3 is 2.58 bits per heavy atom. The summed E-state index contributed by atoms with van der Waals surface area (Å²) in [5.74, 6) is -1.36. The number of likely N-dealkylation sites (N-methyl/N-ethyl adjacent to an activating group) is 1. The van der Waals surface area contributed by atoms with Gasteiger partial charge in [-0.2, -0.15) is 0 Å². The molecule has 0 aliphatic heterocycles. The topological polar surface area (TPSA) is 63.7 Å². The molecule has 19 heavy (non-hydrogen) atoms. The third-order valence-electron chi connectivity index (χ3n) is 2.38. The van der Waals surface area contributed by atoms with Gasteiger partial charge in [0, 0.05) is 36.9 Å². The molecule has 1 rings (SSSR count). The predicted octanol–water partition coefficient (Wildman–Crippen LogP) is 1.47. The van der Waals surface area contributed by atoms with E-state index in [1.54, 1.807) is 0 Å². The predicted molar refractivity (Wildman–Crippen MR) is 68.3 cm³/mol. The van der Waals surface area contributed by atoms with Crippen molar-refractivity contribution in [2.75, 3.05) is 27.3 Å². The Labute approximate surface area is 115 Å². The summed E-state index contributed by atoms with van der Waals surface area (Å²) in [6, 6.07) is 2.75. The smallest absolute Gasteiger partial charge is 0.261 e. The van der Waals surface area contributed by atoms with Crippen molar-refractivity contribution in [2.24, 2.45) is 0 Å². The Kier molecular flexibility index (Phi) is 5.28. The van der Waals surface area contributed by atoms with Crippen molar-refractivity contribution >= 4 is 25.6 Å². The first-order chi connectivity index (χ1) is 8.75. The van der Waals surface area contributed by atoms with Gasteiger partial charge >= 0.3 is 0 Å². The van der Waals surface area contributed by atoms with Crippen LogP contribution in [0.5, 0.6) is 0 Å². The molecule has 0 aliphatic rings. The van der Waals surface area contributed by atoms with Crippen LogP contribution < -0.4 is 0 Å². The highest BCUT2D eigenvalue weighted by molar-refractivity contribution is 8.13. The second-order valence-corrected chi connectivity index (χ2v) is 6.40. The maximum atomic E-state index is 13.3. The molecule has 0 atom stereocenters. The van der Waals surface area contributed by atoms with E-state index < -0.39 is 25.7 Å². The molecule has 1 amide bonds. The number of amides is 1. The number of benzene rings is 1. The van der Waals surface area contributed by atoms with E-state index in [-0.39, 0.29) is 5.56 Å². The fourth-order valence-electron chi connectivity index (χ4n) is 1.38. The molecule has 0 unspecified atom stereocenters. The summed E-state index contributed by atoms with van der Waals surface area (Å²) in [5, 5.41) is 0. The summed E-state index contributed by atoms with van der Waals surface area (Å²) in [6.07, 6.45) is 0. The summed E-state index contributed by atoms with van der Waals surface area (Å²) in [7, 11) is 4.03. The molecule has 1 aromatic carbocycles. The van der Waals surface area contributed by atoms with Gasteiger partial charge < -0.3 is 9.64 Å². The van der Waals surface area contributed by atoms with Gasteiger partial charge in [0.15, 0.2) is 0 Å². The van der Waals surface area contributed by atoms with Crippen LogP contribution in [0.4, 0.5) is 4.39 Å². The molecule has 0 aliphatic carbocycles. The summed E-state index contributed by atoms with van der Waals surface area (Å²) in [6.45, 7) is 0.618. The molecule has 0 aromatic heterocycles. The van der Waals surface area contributed by atoms with Crippen molar-refractivity contribution in [1.29, 1.82) is 0 Å². The van der Waals surface area contributed by atoms with Crippen LogP contribution in [0.25, 0.3) is 0 Å². The first-order valence-electron chi connectivity index (χ1n) is 5.25. The highest BCUT2D eigenvalue weighted by atomic mass is 35.7. The Morgan fingerprint density at radius 1 is 1.42 bits per heavy atom. The SMILES string of the molecule is COCCN(C)C(=O)c1cc(F)cc(S(=O)(=O)Cl)c1. The molecular weight excluding hydrogens is 297 g/mol. The Hall–Kier alpha value is -1.18. The molecule has 0 saturated carbocycles. The van der Waals surface area contributed by atoms with Crippen molar-refractivity contribution in [3.8, 4) is 0 Å². The molecule has 0 spiro atoms. The number of halogens is 2. The van der Waals surface area contributed by atoms with Gasteiger partial charge in [0.05, 0.1) is 11.5 Å². The molecule has 0 saturated heterocycles. The van der Waals surface area contributed by atoms with E-state index in [1.807, 2.05) is 0 Å². The minimum Gasteiger partial charge on any atom is -0.383 e. The lowest BCUT2D eigenvalue weighted by Crippen LogP contribution is -2.30. The average molecular weight is 310 g/mol. The highest BCUT2D eigenvalue weighted by Crippen LogP contribution is 2.19. The second-order valence-electron chi connectivity index (χ2n) is 3.83. The molecule has 0 N–H and O–H groups in total. The van der Waals surface area contributed by atoms with Gasteiger partial charge in [0.25, 0.3) is 15.0 Å². The van der Waals surface area contributed by atoms with Crippen molar-refractivity contribution < 1.29 is 22.3 Å². The van der Waals surface area contributed by atoms with E-state index in [0.717, 1.165) is 18.2 Å². The Morgan fingerprint density at radius 2 is 2.05 bits per heavy atom. The molecule has 8 heteroatoms. The van der Waals surface area contributed by atoms with Gasteiger partial charge in [0.1, 0.15) is 5.82 Å². The Bertz CT molecular complexity index is 576. The first kappa shape index (κ1) is 15.9. The van der Waals surface area contributed by atoms with Crippen molar-refractivity contribution in [2.45, 2.75) is 4.90 Å². The van der Waals surface area contributed by atoms with E-state index in [4.69, 9.17) is 15.4 Å².